The van der Waals surface area contributed by atoms with E-state index in [2.05, 4.69) is 5.32 Å². The molecule has 2 amide bonds. The van der Waals surface area contributed by atoms with Gasteiger partial charge in [-0.3, -0.25) is 4.57 Å². The number of urea groups is 1. The van der Waals surface area contributed by atoms with Crippen LogP contribution in [0.5, 0.6) is 5.75 Å². The average molecular weight is 378 g/mol. The monoisotopic (exact) mass is 378 g/mol. The molecule has 1 N–H and O–H groups in total. The Kier molecular flexibility index (Phi) is 4.46. The smallest absolute Gasteiger partial charge is 0.328 e. The first-order valence-corrected chi connectivity index (χ1v) is 10.3. The Hall–Kier alpha value is -3.04. The van der Waals surface area contributed by atoms with Gasteiger partial charge in [0.25, 0.3) is 0 Å². The zero-order valence-electron chi connectivity index (χ0n) is 14.8. The third-order valence-electron chi connectivity index (χ3n) is 4.66. The minimum absolute atomic E-state index is 0.366. The lowest BCUT2D eigenvalue weighted by atomic mass is 10.2. The zero-order chi connectivity index (χ0) is 18.9. The number of methoxy groups -OCH3 is 1. The molecule has 1 aliphatic heterocycles. The number of amides is 2. The third kappa shape index (κ3) is 2.90. The highest BCUT2D eigenvalue weighted by atomic mass is 31.2. The first-order chi connectivity index (χ1) is 13.1. The quantitative estimate of drug-likeness (QED) is 0.679. The Morgan fingerprint density at radius 3 is 2.07 bits per heavy atom. The number of nitrogens with zero attached hydrogens (tertiary/aromatic N) is 1. The van der Waals surface area contributed by atoms with Crippen LogP contribution in [0.2, 0.25) is 0 Å². The molecule has 2 atom stereocenters. The molecule has 1 aliphatic rings. The molecule has 1 saturated heterocycles. The van der Waals surface area contributed by atoms with Crippen LogP contribution in [-0.2, 0) is 4.57 Å². The van der Waals surface area contributed by atoms with Crippen LogP contribution in [0.3, 0.4) is 0 Å². The van der Waals surface area contributed by atoms with Gasteiger partial charge in [-0.25, -0.2) is 9.46 Å². The molecule has 5 nitrogen and oxygen atoms in total. The Bertz CT molecular complexity index is 991. The highest BCUT2D eigenvalue weighted by Gasteiger charge is 2.51. The molecule has 0 unspecified atom stereocenters. The largest absolute Gasteiger partial charge is 0.497 e. The number of benzene rings is 3. The number of rotatable bonds is 4. The second kappa shape index (κ2) is 6.93. The fourth-order valence-electron chi connectivity index (χ4n) is 3.35. The molecule has 136 valence electrons. The molecule has 27 heavy (non-hydrogen) atoms. The average Bonchev–Trinajstić information content (AvgIpc) is 3.01. The Morgan fingerprint density at radius 2 is 1.48 bits per heavy atom. The van der Waals surface area contributed by atoms with Gasteiger partial charge in [-0.05, 0) is 42.0 Å². The summed E-state index contributed by atoms with van der Waals surface area (Å²) in [6.45, 7) is 0. The number of carbonyl (C=O) groups is 1. The van der Waals surface area contributed by atoms with Crippen molar-refractivity contribution in [1.82, 2.24) is 5.32 Å². The van der Waals surface area contributed by atoms with Crippen LogP contribution in [0.15, 0.2) is 84.9 Å². The summed E-state index contributed by atoms with van der Waals surface area (Å²) in [6, 6.07) is 25.2. The normalized spacial score (nSPS) is 21.7. The van der Waals surface area contributed by atoms with Gasteiger partial charge in [0, 0.05) is 5.30 Å². The van der Waals surface area contributed by atoms with Gasteiger partial charge in [0.2, 0.25) is 7.29 Å². The molecule has 1 heterocycles. The summed E-state index contributed by atoms with van der Waals surface area (Å²) in [7, 11) is -1.74. The highest BCUT2D eigenvalue weighted by Crippen LogP contribution is 2.64. The minimum Gasteiger partial charge on any atom is -0.497 e. The number of carbonyl (C=O) groups excluding carboxylic acids is 1. The van der Waals surface area contributed by atoms with Crippen molar-refractivity contribution in [2.75, 3.05) is 11.8 Å². The van der Waals surface area contributed by atoms with E-state index in [-0.39, 0.29) is 6.03 Å². The molecule has 1 fully saturated rings. The molecule has 0 aromatic heterocycles. The molecule has 4 rings (SSSR count). The molecular weight excluding hydrogens is 359 g/mol. The lowest BCUT2D eigenvalue weighted by Gasteiger charge is -2.27. The van der Waals surface area contributed by atoms with Crippen molar-refractivity contribution in [2.24, 2.45) is 0 Å². The summed E-state index contributed by atoms with van der Waals surface area (Å²) in [6.07, 6.45) is 0. The van der Waals surface area contributed by atoms with Gasteiger partial charge >= 0.3 is 6.03 Å². The fourth-order valence-corrected chi connectivity index (χ4v) is 6.38. The third-order valence-corrected chi connectivity index (χ3v) is 7.83. The molecule has 0 spiro atoms. The SMILES string of the molecule is COc1ccc([C@H]2NC(=O)N(c3ccccc3)[P@@]2(=O)c2ccccc2)cc1. The van der Waals surface area contributed by atoms with E-state index in [0.717, 1.165) is 5.56 Å². The summed E-state index contributed by atoms with van der Waals surface area (Å²) < 4.78 is 21.1. The van der Waals surface area contributed by atoms with Crippen molar-refractivity contribution in [3.8, 4) is 5.75 Å². The van der Waals surface area contributed by atoms with Gasteiger partial charge in [-0.1, -0.05) is 48.5 Å². The Labute approximate surface area is 158 Å². The van der Waals surface area contributed by atoms with Crippen LogP contribution < -0.4 is 20.0 Å². The first-order valence-electron chi connectivity index (χ1n) is 8.60. The van der Waals surface area contributed by atoms with E-state index in [4.69, 9.17) is 4.74 Å². The van der Waals surface area contributed by atoms with Gasteiger partial charge in [0.1, 0.15) is 11.5 Å². The summed E-state index contributed by atoms with van der Waals surface area (Å²) >= 11 is 0. The number of ether oxygens (including phenoxy) is 1. The number of hydrogen-bond acceptors (Lipinski definition) is 3. The second-order valence-electron chi connectivity index (χ2n) is 6.23. The van der Waals surface area contributed by atoms with E-state index in [1.807, 2.05) is 72.8 Å². The van der Waals surface area contributed by atoms with Gasteiger partial charge < -0.3 is 10.1 Å². The predicted molar refractivity (Wildman–Crippen MR) is 107 cm³/mol. The molecule has 0 radical (unpaired) electrons. The topological polar surface area (TPSA) is 58.6 Å². The number of nitrogens with one attached hydrogen (secondary N) is 1. The maximum absolute atomic E-state index is 14.5. The van der Waals surface area contributed by atoms with Crippen molar-refractivity contribution in [3.05, 3.63) is 90.5 Å². The van der Waals surface area contributed by atoms with E-state index in [9.17, 15) is 9.36 Å². The van der Waals surface area contributed by atoms with Crippen LogP contribution in [0.4, 0.5) is 10.5 Å². The lowest BCUT2D eigenvalue weighted by molar-refractivity contribution is 0.251. The maximum Gasteiger partial charge on any atom is 0.328 e. The van der Waals surface area contributed by atoms with Gasteiger partial charge in [0.05, 0.1) is 12.8 Å². The minimum atomic E-state index is -3.33. The Morgan fingerprint density at radius 1 is 0.889 bits per heavy atom. The molecule has 0 aliphatic carbocycles. The summed E-state index contributed by atoms with van der Waals surface area (Å²) in [5, 5.41) is 3.56. The Balaban J connectivity index is 1.88. The van der Waals surface area contributed by atoms with Gasteiger partial charge in [0.15, 0.2) is 0 Å². The first kappa shape index (κ1) is 17.4. The van der Waals surface area contributed by atoms with Crippen molar-refractivity contribution in [2.45, 2.75) is 5.78 Å². The summed E-state index contributed by atoms with van der Waals surface area (Å²) in [5.74, 6) is 0.0658. The number of para-hydroxylation sites is 1. The number of anilines is 1. The molecule has 3 aromatic carbocycles. The lowest BCUT2D eigenvalue weighted by Crippen LogP contribution is -2.28. The van der Waals surface area contributed by atoms with E-state index in [1.165, 1.54) is 4.67 Å². The van der Waals surface area contributed by atoms with Crippen molar-refractivity contribution in [3.63, 3.8) is 0 Å². The van der Waals surface area contributed by atoms with Crippen LogP contribution in [0, 0.1) is 0 Å². The van der Waals surface area contributed by atoms with Crippen molar-refractivity contribution >= 4 is 24.3 Å². The molecule has 0 saturated carbocycles. The fraction of sp³-hybridized carbons (Fsp3) is 0.0952. The molecule has 0 bridgehead atoms. The van der Waals surface area contributed by atoms with E-state index in [1.54, 1.807) is 19.2 Å². The second-order valence-corrected chi connectivity index (χ2v) is 8.91. The molecular formula is C21H19N2O3P. The maximum atomic E-state index is 14.5. The summed E-state index contributed by atoms with van der Waals surface area (Å²) in [5.41, 5.74) is 1.38. The standard InChI is InChI=1S/C21H19N2O3P/c1-26-18-14-12-16(13-15-18)20-22-21(24)23(17-8-4-2-5-9-17)27(20,25)19-10-6-3-7-11-19/h2-15,20H,1H3,(H,22,24)/t20-,27+/m0/s1. The molecule has 6 heteroatoms. The van der Waals surface area contributed by atoms with Crippen molar-refractivity contribution < 1.29 is 14.1 Å². The highest BCUT2D eigenvalue weighted by molar-refractivity contribution is 7.74. The van der Waals surface area contributed by atoms with E-state index >= 15 is 0 Å². The van der Waals surface area contributed by atoms with Crippen molar-refractivity contribution in [1.29, 1.82) is 0 Å². The predicted octanol–water partition coefficient (Wildman–Crippen LogP) is 4.53. The molecule has 3 aromatic rings. The van der Waals surface area contributed by atoms with E-state index < -0.39 is 13.1 Å². The zero-order valence-corrected chi connectivity index (χ0v) is 15.7. The van der Waals surface area contributed by atoms with Gasteiger partial charge in [-0.2, -0.15) is 0 Å². The van der Waals surface area contributed by atoms with Crippen LogP contribution >= 0.6 is 7.29 Å². The van der Waals surface area contributed by atoms with Crippen LogP contribution in [0.25, 0.3) is 0 Å². The summed E-state index contributed by atoms with van der Waals surface area (Å²) in [4.78, 5) is 12.9. The number of hydrogen-bond donors (Lipinski definition) is 1. The van der Waals surface area contributed by atoms with Crippen LogP contribution in [-0.4, -0.2) is 13.1 Å². The van der Waals surface area contributed by atoms with Crippen LogP contribution in [0.1, 0.15) is 11.3 Å². The van der Waals surface area contributed by atoms with Gasteiger partial charge in [-0.15, -0.1) is 0 Å². The van der Waals surface area contributed by atoms with E-state index in [0.29, 0.717) is 16.7 Å².